The molecule has 5 rings (SSSR count). The molecule has 2 saturated heterocycles. The minimum atomic E-state index is -4.69. The first-order valence-corrected chi connectivity index (χ1v) is 10.7. The molecule has 31 heavy (non-hydrogen) atoms. The van der Waals surface area contributed by atoms with E-state index in [9.17, 15) is 22.8 Å². The van der Waals surface area contributed by atoms with E-state index in [-0.39, 0.29) is 34.4 Å². The molecular formula is C22H25F3N2O4. The Balaban J connectivity index is 1.11. The van der Waals surface area contributed by atoms with Crippen LogP contribution in [-0.2, 0) is 9.53 Å². The lowest BCUT2D eigenvalue weighted by Gasteiger charge is -2.53. The van der Waals surface area contributed by atoms with Crippen LogP contribution in [0, 0.1) is 11.3 Å². The number of carbonyl (C=O) groups is 2. The van der Waals surface area contributed by atoms with E-state index >= 15 is 0 Å². The summed E-state index contributed by atoms with van der Waals surface area (Å²) >= 11 is 0. The van der Waals surface area contributed by atoms with Gasteiger partial charge in [0.15, 0.2) is 0 Å². The van der Waals surface area contributed by atoms with Crippen LogP contribution in [0.15, 0.2) is 24.3 Å². The van der Waals surface area contributed by atoms with Crippen molar-refractivity contribution in [1.29, 1.82) is 0 Å². The second-order valence-electron chi connectivity index (χ2n) is 9.64. The number of nitrogens with zero attached hydrogens (tertiary/aromatic N) is 1. The van der Waals surface area contributed by atoms with Crippen molar-refractivity contribution in [2.75, 3.05) is 19.7 Å². The molecule has 2 spiro atoms. The van der Waals surface area contributed by atoms with Gasteiger partial charge in [0.1, 0.15) is 12.4 Å². The summed E-state index contributed by atoms with van der Waals surface area (Å²) in [5.74, 6) is 0.168. The molecule has 1 N–H and O–H groups in total. The van der Waals surface area contributed by atoms with Crippen molar-refractivity contribution < 1.29 is 32.2 Å². The second-order valence-corrected chi connectivity index (χ2v) is 9.64. The van der Waals surface area contributed by atoms with Crippen LogP contribution in [0.3, 0.4) is 0 Å². The van der Waals surface area contributed by atoms with Gasteiger partial charge in [0.2, 0.25) is 5.91 Å². The first-order valence-electron chi connectivity index (χ1n) is 10.7. The summed E-state index contributed by atoms with van der Waals surface area (Å²) in [4.78, 5) is 26.0. The van der Waals surface area contributed by atoms with Crippen molar-refractivity contribution >= 4 is 12.0 Å². The fourth-order valence-electron chi connectivity index (χ4n) is 5.83. The lowest BCUT2D eigenvalue weighted by molar-refractivity contribution is -0.274. The molecule has 168 valence electrons. The van der Waals surface area contributed by atoms with Crippen LogP contribution in [-0.4, -0.2) is 48.5 Å². The molecule has 0 aromatic heterocycles. The van der Waals surface area contributed by atoms with Gasteiger partial charge in [-0.1, -0.05) is 12.1 Å². The van der Waals surface area contributed by atoms with E-state index < -0.39 is 12.5 Å². The van der Waals surface area contributed by atoms with Gasteiger partial charge >= 0.3 is 12.5 Å². The maximum atomic E-state index is 12.8. The molecule has 9 heteroatoms. The molecule has 2 aliphatic carbocycles. The summed E-state index contributed by atoms with van der Waals surface area (Å²) < 4.78 is 46.4. The van der Waals surface area contributed by atoms with Crippen molar-refractivity contribution in [2.24, 2.45) is 11.3 Å². The number of likely N-dealkylation sites (tertiary alicyclic amines) is 1. The molecule has 1 aromatic rings. The standard InChI is InChI=1S/C22H25F3N2O4/c23-22(24,25)31-17-3-1-2-14(8-17)15-9-20(10-15)4-6-27(7-5-20)18(28)16-11-21(12-16)13-30-19(29)26-21/h1-3,8,15-16H,4-7,9-13H2,(H,26,29). The van der Waals surface area contributed by atoms with Gasteiger partial charge in [0.05, 0.1) is 5.54 Å². The summed E-state index contributed by atoms with van der Waals surface area (Å²) in [6.07, 6.45) is -0.108. The predicted molar refractivity (Wildman–Crippen MR) is 103 cm³/mol. The molecule has 4 fully saturated rings. The van der Waals surface area contributed by atoms with Gasteiger partial charge in [-0.15, -0.1) is 13.2 Å². The molecule has 0 bridgehead atoms. The Hall–Kier alpha value is -2.45. The molecule has 0 unspecified atom stereocenters. The third-order valence-corrected chi connectivity index (χ3v) is 7.53. The van der Waals surface area contributed by atoms with Crippen molar-refractivity contribution in [2.45, 2.75) is 56.3 Å². The smallest absolute Gasteiger partial charge is 0.447 e. The van der Waals surface area contributed by atoms with Crippen LogP contribution in [0.4, 0.5) is 18.0 Å². The Bertz CT molecular complexity index is 881. The Kier molecular flexibility index (Phi) is 4.64. The molecule has 6 nitrogen and oxygen atoms in total. The van der Waals surface area contributed by atoms with Crippen LogP contribution in [0.1, 0.15) is 50.0 Å². The Labute approximate surface area is 178 Å². The van der Waals surface area contributed by atoms with Crippen molar-refractivity contribution in [3.05, 3.63) is 29.8 Å². The number of hydrogen-bond donors (Lipinski definition) is 1. The number of piperidine rings is 1. The van der Waals surface area contributed by atoms with E-state index in [1.807, 2.05) is 11.0 Å². The third kappa shape index (κ3) is 3.94. The molecule has 0 radical (unpaired) electrons. The maximum Gasteiger partial charge on any atom is 0.573 e. The fraction of sp³-hybridized carbons (Fsp3) is 0.636. The molecule has 0 atom stereocenters. The van der Waals surface area contributed by atoms with Gasteiger partial charge in [-0.25, -0.2) is 4.79 Å². The van der Waals surface area contributed by atoms with Crippen LogP contribution >= 0.6 is 0 Å². The lowest BCUT2D eigenvalue weighted by Crippen LogP contribution is -2.59. The van der Waals surface area contributed by atoms with Crippen molar-refractivity contribution in [1.82, 2.24) is 10.2 Å². The number of rotatable bonds is 3. The van der Waals surface area contributed by atoms with Gasteiger partial charge in [-0.3, -0.25) is 4.79 Å². The Morgan fingerprint density at radius 3 is 2.48 bits per heavy atom. The number of cyclic esters (lactones) is 1. The SMILES string of the molecule is O=C1NC2(CO1)CC(C(=O)N1CCC3(CC1)CC(c1cccc(OC(F)(F)F)c1)C3)C2. The van der Waals surface area contributed by atoms with Crippen molar-refractivity contribution in [3.63, 3.8) is 0 Å². The fourth-order valence-corrected chi connectivity index (χ4v) is 5.83. The molecular weight excluding hydrogens is 413 g/mol. The highest BCUT2D eigenvalue weighted by molar-refractivity contribution is 5.81. The van der Waals surface area contributed by atoms with E-state index in [0.717, 1.165) is 44.3 Å². The Morgan fingerprint density at radius 2 is 1.87 bits per heavy atom. The average Bonchev–Trinajstić information content (AvgIpc) is 3.05. The normalized spacial score (nSPS) is 25.0. The van der Waals surface area contributed by atoms with E-state index in [1.165, 1.54) is 12.1 Å². The first-order chi connectivity index (χ1) is 14.6. The topological polar surface area (TPSA) is 67.9 Å². The zero-order valence-electron chi connectivity index (χ0n) is 17.0. The average molecular weight is 438 g/mol. The molecule has 2 amide bonds. The lowest BCUT2D eigenvalue weighted by atomic mass is 9.56. The summed E-state index contributed by atoms with van der Waals surface area (Å²) in [6.45, 7) is 1.78. The number of amides is 2. The van der Waals surface area contributed by atoms with Gasteiger partial charge in [0.25, 0.3) is 0 Å². The zero-order valence-corrected chi connectivity index (χ0v) is 17.0. The van der Waals surface area contributed by atoms with Crippen LogP contribution in [0.2, 0.25) is 0 Å². The molecule has 4 aliphatic rings. The van der Waals surface area contributed by atoms with E-state index in [4.69, 9.17) is 4.74 Å². The first kappa shape index (κ1) is 20.5. The quantitative estimate of drug-likeness (QED) is 0.776. The predicted octanol–water partition coefficient (Wildman–Crippen LogP) is 3.96. The second kappa shape index (κ2) is 7.03. The van der Waals surface area contributed by atoms with Gasteiger partial charge in [0, 0.05) is 19.0 Å². The number of alkyl halides is 3. The number of carbonyl (C=O) groups excluding carboxylic acids is 2. The van der Waals surface area contributed by atoms with Crippen LogP contribution in [0.25, 0.3) is 0 Å². The minimum Gasteiger partial charge on any atom is -0.447 e. The van der Waals surface area contributed by atoms with Gasteiger partial charge < -0.3 is 19.7 Å². The number of benzene rings is 1. The number of halogens is 3. The van der Waals surface area contributed by atoms with E-state index in [1.54, 1.807) is 6.07 Å². The number of hydrogen-bond acceptors (Lipinski definition) is 4. The van der Waals surface area contributed by atoms with E-state index in [2.05, 4.69) is 10.1 Å². The largest absolute Gasteiger partial charge is 0.573 e. The third-order valence-electron chi connectivity index (χ3n) is 7.53. The van der Waals surface area contributed by atoms with Crippen LogP contribution < -0.4 is 10.1 Å². The minimum absolute atomic E-state index is 0.0541. The number of nitrogens with one attached hydrogen (secondary N) is 1. The molecule has 2 aliphatic heterocycles. The number of ether oxygens (including phenoxy) is 2. The monoisotopic (exact) mass is 438 g/mol. The van der Waals surface area contributed by atoms with Crippen molar-refractivity contribution in [3.8, 4) is 5.75 Å². The summed E-state index contributed by atoms with van der Waals surface area (Å²) in [7, 11) is 0. The zero-order chi connectivity index (χ0) is 21.9. The number of alkyl carbamates (subject to hydrolysis) is 1. The van der Waals surface area contributed by atoms with Gasteiger partial charge in [-0.2, -0.15) is 0 Å². The molecule has 2 heterocycles. The summed E-state index contributed by atoms with van der Waals surface area (Å²) in [5, 5.41) is 2.82. The van der Waals surface area contributed by atoms with E-state index in [0.29, 0.717) is 19.4 Å². The maximum absolute atomic E-state index is 12.8. The van der Waals surface area contributed by atoms with Crippen LogP contribution in [0.5, 0.6) is 5.75 Å². The highest BCUT2D eigenvalue weighted by Crippen LogP contribution is 2.57. The molecule has 1 aromatic carbocycles. The summed E-state index contributed by atoms with van der Waals surface area (Å²) in [6, 6.07) is 6.27. The molecule has 2 saturated carbocycles. The Morgan fingerprint density at radius 1 is 1.16 bits per heavy atom. The highest BCUT2D eigenvalue weighted by Gasteiger charge is 2.54. The summed E-state index contributed by atoms with van der Waals surface area (Å²) in [5.41, 5.74) is 0.711. The highest BCUT2D eigenvalue weighted by atomic mass is 19.4. The van der Waals surface area contributed by atoms with Gasteiger partial charge in [-0.05, 0) is 67.6 Å².